The van der Waals surface area contributed by atoms with Crippen LogP contribution >= 0.6 is 11.3 Å². The number of thiophene rings is 1. The second-order valence-electron chi connectivity index (χ2n) is 3.82. The third-order valence-corrected chi connectivity index (χ3v) is 3.59. The summed E-state index contributed by atoms with van der Waals surface area (Å²) in [6.45, 7) is 0. The molecule has 3 N–H and O–H groups in total. The molecule has 0 spiro atoms. The van der Waals surface area contributed by atoms with Gasteiger partial charge < -0.3 is 5.73 Å². The molecule has 0 unspecified atom stereocenters. The highest BCUT2D eigenvalue weighted by atomic mass is 32.1. The first kappa shape index (κ1) is 11.0. The van der Waals surface area contributed by atoms with E-state index in [1.807, 2.05) is 17.5 Å². The third-order valence-electron chi connectivity index (χ3n) is 2.71. The smallest absolute Gasteiger partial charge is 0.153 e. The van der Waals surface area contributed by atoms with E-state index in [9.17, 15) is 4.39 Å². The molecule has 3 rings (SSSR count). The molecule has 2 aromatic heterocycles. The van der Waals surface area contributed by atoms with Crippen LogP contribution in [0.5, 0.6) is 0 Å². The van der Waals surface area contributed by atoms with Crippen molar-refractivity contribution in [3.05, 3.63) is 47.6 Å². The Hall–Kier alpha value is -2.14. The molecule has 1 aromatic carbocycles. The van der Waals surface area contributed by atoms with E-state index in [1.54, 1.807) is 29.5 Å². The van der Waals surface area contributed by atoms with Crippen molar-refractivity contribution in [2.45, 2.75) is 0 Å². The molecule has 2 heterocycles. The van der Waals surface area contributed by atoms with E-state index < -0.39 is 0 Å². The first-order chi connectivity index (χ1) is 8.77. The Morgan fingerprint density at radius 3 is 2.72 bits per heavy atom. The van der Waals surface area contributed by atoms with Crippen LogP contribution < -0.4 is 5.73 Å². The minimum Gasteiger partial charge on any atom is -0.382 e. The van der Waals surface area contributed by atoms with Crippen LogP contribution in [0.15, 0.2) is 41.8 Å². The number of nitrogens with two attached hydrogens (primary N) is 1. The molecule has 0 saturated heterocycles. The van der Waals surface area contributed by atoms with Crippen molar-refractivity contribution in [1.82, 2.24) is 10.2 Å². The molecule has 3 aromatic rings. The maximum Gasteiger partial charge on any atom is 0.153 e. The van der Waals surface area contributed by atoms with Crippen LogP contribution in [0.2, 0.25) is 0 Å². The molecule has 0 bridgehead atoms. The standard InChI is InChI=1S/C13H10FN3S/c14-9-5-2-1-4-8(9)11-12(16-17-13(11)15)10-6-3-7-18-10/h1-7H,(H3,15,16,17). The number of halogens is 1. The molecule has 0 aliphatic heterocycles. The third kappa shape index (κ3) is 1.69. The van der Waals surface area contributed by atoms with Gasteiger partial charge in [-0.2, -0.15) is 5.10 Å². The van der Waals surface area contributed by atoms with Crippen molar-refractivity contribution in [3.63, 3.8) is 0 Å². The van der Waals surface area contributed by atoms with Crippen LogP contribution in [0, 0.1) is 5.82 Å². The molecule has 5 heteroatoms. The highest BCUT2D eigenvalue weighted by Gasteiger charge is 2.17. The fraction of sp³-hybridized carbons (Fsp3) is 0. The summed E-state index contributed by atoms with van der Waals surface area (Å²) in [5.74, 6) is 0.00639. The predicted molar refractivity (Wildman–Crippen MR) is 71.7 cm³/mol. The molecule has 0 fully saturated rings. The number of nitrogens with zero attached hydrogens (tertiary/aromatic N) is 1. The number of rotatable bonds is 2. The summed E-state index contributed by atoms with van der Waals surface area (Å²) in [7, 11) is 0. The van der Waals surface area contributed by atoms with Crippen LogP contribution in [-0.4, -0.2) is 10.2 Å². The van der Waals surface area contributed by atoms with Crippen LogP contribution in [0.3, 0.4) is 0 Å². The van der Waals surface area contributed by atoms with Crippen molar-refractivity contribution in [2.75, 3.05) is 5.73 Å². The summed E-state index contributed by atoms with van der Waals surface area (Å²) in [5.41, 5.74) is 7.69. The van der Waals surface area contributed by atoms with Gasteiger partial charge in [-0.05, 0) is 17.5 Å². The molecule has 3 nitrogen and oxygen atoms in total. The molecule has 0 atom stereocenters. The van der Waals surface area contributed by atoms with Crippen molar-refractivity contribution >= 4 is 17.2 Å². The lowest BCUT2D eigenvalue weighted by molar-refractivity contribution is 0.631. The van der Waals surface area contributed by atoms with E-state index in [4.69, 9.17) is 5.73 Å². The minimum atomic E-state index is -0.302. The molecule has 0 radical (unpaired) electrons. The van der Waals surface area contributed by atoms with Gasteiger partial charge in [-0.25, -0.2) is 4.39 Å². The van der Waals surface area contributed by atoms with E-state index >= 15 is 0 Å². The van der Waals surface area contributed by atoms with Gasteiger partial charge in [-0.15, -0.1) is 11.3 Å². The molecule has 0 amide bonds. The Morgan fingerprint density at radius 2 is 2.00 bits per heavy atom. The minimum absolute atomic E-state index is 0.302. The van der Waals surface area contributed by atoms with Gasteiger partial charge in [0.2, 0.25) is 0 Å². The van der Waals surface area contributed by atoms with Crippen LogP contribution in [-0.2, 0) is 0 Å². The van der Waals surface area contributed by atoms with E-state index in [2.05, 4.69) is 10.2 Å². The van der Waals surface area contributed by atoms with Gasteiger partial charge in [-0.3, -0.25) is 5.10 Å². The summed E-state index contributed by atoms with van der Waals surface area (Å²) in [6, 6.07) is 10.4. The molecular formula is C13H10FN3S. The molecule has 18 heavy (non-hydrogen) atoms. The van der Waals surface area contributed by atoms with Crippen molar-refractivity contribution in [3.8, 4) is 21.7 Å². The van der Waals surface area contributed by atoms with Gasteiger partial charge in [0.15, 0.2) is 5.82 Å². The lowest BCUT2D eigenvalue weighted by Gasteiger charge is -2.04. The predicted octanol–water partition coefficient (Wildman–Crippen LogP) is 3.53. The summed E-state index contributed by atoms with van der Waals surface area (Å²) >= 11 is 1.55. The van der Waals surface area contributed by atoms with E-state index in [1.165, 1.54) is 6.07 Å². The van der Waals surface area contributed by atoms with Crippen LogP contribution in [0.25, 0.3) is 21.7 Å². The molecule has 90 valence electrons. The monoisotopic (exact) mass is 259 g/mol. The van der Waals surface area contributed by atoms with Gasteiger partial charge in [0.05, 0.1) is 16.1 Å². The highest BCUT2D eigenvalue weighted by molar-refractivity contribution is 7.13. The Morgan fingerprint density at radius 1 is 1.17 bits per heavy atom. The Bertz CT molecular complexity index is 673. The van der Waals surface area contributed by atoms with Gasteiger partial charge in [0.25, 0.3) is 0 Å². The van der Waals surface area contributed by atoms with Crippen molar-refractivity contribution < 1.29 is 4.39 Å². The van der Waals surface area contributed by atoms with Gasteiger partial charge in [0, 0.05) is 5.56 Å². The molecule has 0 saturated carbocycles. The molecule has 0 aliphatic carbocycles. The maximum atomic E-state index is 13.9. The van der Waals surface area contributed by atoms with Crippen LogP contribution in [0.4, 0.5) is 10.2 Å². The lowest BCUT2D eigenvalue weighted by atomic mass is 10.0. The number of nitrogen functional groups attached to an aromatic ring is 1. The number of hydrogen-bond donors (Lipinski definition) is 2. The highest BCUT2D eigenvalue weighted by Crippen LogP contribution is 2.37. The number of benzene rings is 1. The second-order valence-corrected chi connectivity index (χ2v) is 4.76. The fourth-order valence-electron chi connectivity index (χ4n) is 1.89. The largest absolute Gasteiger partial charge is 0.382 e. The summed E-state index contributed by atoms with van der Waals surface area (Å²) in [5, 5.41) is 8.81. The summed E-state index contributed by atoms with van der Waals surface area (Å²) in [4.78, 5) is 0.984. The first-order valence-corrected chi connectivity index (χ1v) is 6.28. The van der Waals surface area contributed by atoms with Crippen molar-refractivity contribution in [2.24, 2.45) is 0 Å². The average molecular weight is 259 g/mol. The number of anilines is 1. The fourth-order valence-corrected chi connectivity index (χ4v) is 2.62. The van der Waals surface area contributed by atoms with E-state index in [0.717, 1.165) is 10.6 Å². The van der Waals surface area contributed by atoms with Gasteiger partial charge >= 0.3 is 0 Å². The van der Waals surface area contributed by atoms with Gasteiger partial charge in [0.1, 0.15) is 5.82 Å². The van der Waals surface area contributed by atoms with E-state index in [0.29, 0.717) is 16.9 Å². The first-order valence-electron chi connectivity index (χ1n) is 5.40. The zero-order valence-corrected chi connectivity index (χ0v) is 10.2. The lowest BCUT2D eigenvalue weighted by Crippen LogP contribution is -1.90. The molecule has 0 aliphatic rings. The SMILES string of the molecule is Nc1n[nH]c(-c2cccs2)c1-c1ccccc1F. The number of nitrogens with one attached hydrogen (secondary N) is 1. The zero-order chi connectivity index (χ0) is 12.5. The Kier molecular flexibility index (Phi) is 2.60. The van der Waals surface area contributed by atoms with Crippen molar-refractivity contribution in [1.29, 1.82) is 0 Å². The zero-order valence-electron chi connectivity index (χ0n) is 9.35. The Labute approximate surface area is 107 Å². The molecular weight excluding hydrogens is 249 g/mol. The second kappa shape index (κ2) is 4.27. The van der Waals surface area contributed by atoms with E-state index in [-0.39, 0.29) is 5.82 Å². The van der Waals surface area contributed by atoms with Gasteiger partial charge in [-0.1, -0.05) is 24.3 Å². The number of hydrogen-bond acceptors (Lipinski definition) is 3. The number of aromatic nitrogens is 2. The normalized spacial score (nSPS) is 10.7. The topological polar surface area (TPSA) is 54.7 Å². The van der Waals surface area contributed by atoms with Crippen LogP contribution in [0.1, 0.15) is 0 Å². The summed E-state index contributed by atoms with van der Waals surface area (Å²) < 4.78 is 13.9. The average Bonchev–Trinajstić information content (AvgIpc) is 2.99. The quantitative estimate of drug-likeness (QED) is 0.739. The summed E-state index contributed by atoms with van der Waals surface area (Å²) in [6.07, 6.45) is 0. The number of H-pyrrole nitrogens is 1. The maximum absolute atomic E-state index is 13.9. The Balaban J connectivity index is 2.24. The number of aromatic amines is 1.